The van der Waals surface area contributed by atoms with Gasteiger partial charge in [-0.3, -0.25) is 23.4 Å². The lowest BCUT2D eigenvalue weighted by Gasteiger charge is -2.23. The molecule has 0 aliphatic rings. The van der Waals surface area contributed by atoms with Crippen molar-refractivity contribution in [2.24, 2.45) is 0 Å². The minimum Gasteiger partial charge on any atom is -0.324 e. The van der Waals surface area contributed by atoms with Crippen molar-refractivity contribution < 1.29 is 28.7 Å². The van der Waals surface area contributed by atoms with Crippen LogP contribution < -0.4 is 5.56 Å². The molecule has 0 fully saturated rings. The normalized spacial score (nSPS) is 13.2. The molecule has 2 aromatic heterocycles. The van der Waals surface area contributed by atoms with Gasteiger partial charge in [-0.05, 0) is 13.8 Å². The van der Waals surface area contributed by atoms with Crippen molar-refractivity contribution in [3.63, 3.8) is 0 Å². The largest absolute Gasteiger partial charge is 0.339 e. The van der Waals surface area contributed by atoms with E-state index < -0.39 is 27.6 Å². The van der Waals surface area contributed by atoms with Gasteiger partial charge in [0.2, 0.25) is 0 Å². The molecule has 14 heteroatoms. The molecule has 0 aromatic carbocycles. The fourth-order valence-corrected chi connectivity index (χ4v) is 3.87. The van der Waals surface area contributed by atoms with Crippen LogP contribution in [-0.4, -0.2) is 69.1 Å². The van der Waals surface area contributed by atoms with Gasteiger partial charge >= 0.3 is 15.2 Å². The van der Waals surface area contributed by atoms with Crippen LogP contribution >= 0.6 is 15.2 Å². The summed E-state index contributed by atoms with van der Waals surface area (Å²) in [6.07, 6.45) is 1.67. The van der Waals surface area contributed by atoms with Crippen LogP contribution in [0.3, 0.4) is 0 Å². The van der Waals surface area contributed by atoms with Gasteiger partial charge in [0.25, 0.3) is 5.56 Å². The predicted octanol–water partition coefficient (Wildman–Crippen LogP) is -0.211. The Morgan fingerprint density at radius 2 is 1.74 bits per heavy atom. The maximum atomic E-state index is 12.4. The molecule has 152 valence electrons. The van der Waals surface area contributed by atoms with Crippen molar-refractivity contribution in [1.29, 1.82) is 0 Å². The quantitative estimate of drug-likeness (QED) is 0.396. The molecule has 0 radical (unpaired) electrons. The van der Waals surface area contributed by atoms with Gasteiger partial charge in [0.15, 0.2) is 11.2 Å². The van der Waals surface area contributed by atoms with Gasteiger partial charge in [-0.15, -0.1) is 0 Å². The van der Waals surface area contributed by atoms with Crippen molar-refractivity contribution in [2.45, 2.75) is 26.4 Å². The standard InChI is InChI=1S/C13H23N5O7P2/c1-10(2)18-8-15-12-11(13(18)19)14-7-17(12)4-3-16(9-27(23,24)25)5-6-26(20,21)22/h7-8,10H,3-6,9H2,1-2H3,(H2,20,21,22)(H2,23,24,25). The second-order valence-electron chi connectivity index (χ2n) is 6.47. The smallest absolute Gasteiger partial charge is 0.324 e. The summed E-state index contributed by atoms with van der Waals surface area (Å²) in [4.78, 5) is 58.2. The first-order valence-electron chi connectivity index (χ1n) is 8.11. The molecule has 2 rings (SSSR count). The highest BCUT2D eigenvalue weighted by molar-refractivity contribution is 7.52. The molecule has 0 bridgehead atoms. The van der Waals surface area contributed by atoms with Gasteiger partial charge in [-0.2, -0.15) is 0 Å². The fourth-order valence-electron chi connectivity index (χ4n) is 2.52. The Kier molecular flexibility index (Phi) is 6.75. The van der Waals surface area contributed by atoms with Crippen molar-refractivity contribution in [3.8, 4) is 0 Å². The molecule has 2 heterocycles. The molecule has 0 saturated heterocycles. The van der Waals surface area contributed by atoms with E-state index in [-0.39, 0.29) is 36.8 Å². The van der Waals surface area contributed by atoms with E-state index in [4.69, 9.17) is 19.6 Å². The maximum absolute atomic E-state index is 12.4. The minimum atomic E-state index is -4.40. The molecule has 0 aliphatic carbocycles. The van der Waals surface area contributed by atoms with E-state index in [1.807, 2.05) is 13.8 Å². The third-order valence-corrected chi connectivity index (χ3v) is 5.41. The van der Waals surface area contributed by atoms with Crippen LogP contribution in [0.5, 0.6) is 0 Å². The Morgan fingerprint density at radius 3 is 2.30 bits per heavy atom. The SMILES string of the molecule is CC(C)n1cnc2c(ncn2CCN(CCP(=O)(O)O)CP(=O)(O)O)c1=O. The Morgan fingerprint density at radius 1 is 1.07 bits per heavy atom. The lowest BCUT2D eigenvalue weighted by Crippen LogP contribution is -2.31. The van der Waals surface area contributed by atoms with Gasteiger partial charge in [0.1, 0.15) is 12.6 Å². The van der Waals surface area contributed by atoms with Crippen LogP contribution in [0.2, 0.25) is 0 Å². The Hall–Kier alpha value is -1.39. The number of nitrogens with zero attached hydrogens (tertiary/aromatic N) is 5. The van der Waals surface area contributed by atoms with E-state index in [1.54, 1.807) is 4.57 Å². The Balaban J connectivity index is 2.18. The summed E-state index contributed by atoms with van der Waals surface area (Å²) in [5.74, 6) is 0. The number of fused-ring (bicyclic) bond motifs is 1. The molecular weight excluding hydrogens is 400 g/mol. The van der Waals surface area contributed by atoms with Gasteiger partial charge in [-0.25, -0.2) is 9.97 Å². The third kappa shape index (κ3) is 6.32. The molecule has 0 saturated carbocycles. The third-order valence-electron chi connectivity index (χ3n) is 3.86. The molecule has 0 aliphatic heterocycles. The van der Waals surface area contributed by atoms with Crippen LogP contribution in [0.1, 0.15) is 19.9 Å². The molecular formula is C13H23N5O7P2. The van der Waals surface area contributed by atoms with E-state index in [9.17, 15) is 13.9 Å². The Bertz CT molecular complexity index is 944. The molecule has 2 aromatic rings. The summed E-state index contributed by atoms with van der Waals surface area (Å²) in [6, 6.07) is -0.0778. The second-order valence-corrected chi connectivity index (χ2v) is 9.86. The molecule has 12 nitrogen and oxygen atoms in total. The van der Waals surface area contributed by atoms with E-state index in [0.29, 0.717) is 5.65 Å². The van der Waals surface area contributed by atoms with Crippen molar-refractivity contribution in [1.82, 2.24) is 24.0 Å². The van der Waals surface area contributed by atoms with Crippen LogP contribution in [0.15, 0.2) is 17.4 Å². The van der Waals surface area contributed by atoms with Crippen molar-refractivity contribution in [2.75, 3.05) is 25.5 Å². The van der Waals surface area contributed by atoms with Gasteiger partial charge < -0.3 is 24.1 Å². The zero-order valence-corrected chi connectivity index (χ0v) is 16.7. The van der Waals surface area contributed by atoms with Crippen LogP contribution in [-0.2, 0) is 15.7 Å². The summed E-state index contributed by atoms with van der Waals surface area (Å²) in [5.41, 5.74) is 0.230. The zero-order valence-electron chi connectivity index (χ0n) is 14.9. The van der Waals surface area contributed by atoms with Gasteiger partial charge in [0.05, 0.1) is 12.5 Å². The highest BCUT2D eigenvalue weighted by Crippen LogP contribution is 2.37. The maximum Gasteiger partial charge on any atom is 0.339 e. The summed E-state index contributed by atoms with van der Waals surface area (Å²) < 4.78 is 25.3. The number of hydrogen-bond acceptors (Lipinski definition) is 6. The monoisotopic (exact) mass is 423 g/mol. The molecule has 0 atom stereocenters. The zero-order chi connectivity index (χ0) is 20.4. The lowest BCUT2D eigenvalue weighted by atomic mass is 10.4. The Labute approximate surface area is 154 Å². The van der Waals surface area contributed by atoms with Gasteiger partial charge in [0, 0.05) is 25.7 Å². The summed E-state index contributed by atoms with van der Waals surface area (Å²) >= 11 is 0. The summed E-state index contributed by atoms with van der Waals surface area (Å²) in [7, 11) is -8.70. The van der Waals surface area contributed by atoms with E-state index in [0.717, 1.165) is 0 Å². The van der Waals surface area contributed by atoms with Crippen molar-refractivity contribution >= 4 is 26.4 Å². The van der Waals surface area contributed by atoms with Crippen LogP contribution in [0.25, 0.3) is 11.2 Å². The summed E-state index contributed by atoms with van der Waals surface area (Å²) in [5, 5.41) is 0. The van der Waals surface area contributed by atoms with E-state index in [2.05, 4.69) is 9.97 Å². The summed E-state index contributed by atoms with van der Waals surface area (Å²) in [6.45, 7) is 3.77. The van der Waals surface area contributed by atoms with Crippen molar-refractivity contribution in [3.05, 3.63) is 23.0 Å². The second kappa shape index (κ2) is 8.32. The van der Waals surface area contributed by atoms with Crippen LogP contribution in [0, 0.1) is 0 Å². The minimum absolute atomic E-state index is 0.0778. The average molecular weight is 423 g/mol. The number of aromatic nitrogens is 4. The lowest BCUT2D eigenvalue weighted by molar-refractivity contribution is 0.271. The van der Waals surface area contributed by atoms with E-state index >= 15 is 0 Å². The molecule has 4 N–H and O–H groups in total. The van der Waals surface area contributed by atoms with Gasteiger partial charge in [-0.1, -0.05) is 0 Å². The first-order valence-corrected chi connectivity index (χ1v) is 11.7. The number of hydrogen-bond donors (Lipinski definition) is 4. The highest BCUT2D eigenvalue weighted by Gasteiger charge is 2.23. The first-order chi connectivity index (χ1) is 12.4. The predicted molar refractivity (Wildman–Crippen MR) is 97.6 cm³/mol. The van der Waals surface area contributed by atoms with Crippen LogP contribution in [0.4, 0.5) is 0 Å². The molecule has 0 amide bonds. The van der Waals surface area contributed by atoms with E-state index in [1.165, 1.54) is 22.1 Å². The molecule has 0 unspecified atom stereocenters. The molecule has 27 heavy (non-hydrogen) atoms. The molecule has 0 spiro atoms. The topological polar surface area (TPSA) is 171 Å². The average Bonchev–Trinajstić information content (AvgIpc) is 2.92. The number of imidazole rings is 1. The first kappa shape index (κ1) is 21.9. The fraction of sp³-hybridized carbons (Fsp3) is 0.615. The number of rotatable bonds is 9. The highest BCUT2D eigenvalue weighted by atomic mass is 31.2.